The molecule has 2 heterocycles. The van der Waals surface area contributed by atoms with Crippen LogP contribution in [0.5, 0.6) is 0 Å². The second kappa shape index (κ2) is 5.33. The molecule has 0 aromatic heterocycles. The monoisotopic (exact) mass is 242 g/mol. The molecule has 17 heavy (non-hydrogen) atoms. The molecule has 5 heteroatoms. The average molecular weight is 242 g/mol. The maximum atomic E-state index is 11.9. The molecule has 0 spiro atoms. The largest absolute Gasteiger partial charge is 0.381 e. The fourth-order valence-electron chi connectivity index (χ4n) is 2.31. The van der Waals surface area contributed by atoms with E-state index in [1.165, 1.54) is 0 Å². The number of carbonyl (C=O) groups excluding carboxylic acids is 1. The van der Waals surface area contributed by atoms with Crippen LogP contribution in [-0.4, -0.2) is 44.9 Å². The van der Waals surface area contributed by atoms with Crippen molar-refractivity contribution in [2.24, 2.45) is 17.1 Å². The minimum Gasteiger partial charge on any atom is -0.381 e. The molecule has 0 radical (unpaired) electrons. The Morgan fingerprint density at radius 2 is 2.06 bits per heavy atom. The van der Waals surface area contributed by atoms with Crippen molar-refractivity contribution in [3.63, 3.8) is 0 Å². The van der Waals surface area contributed by atoms with Crippen molar-refractivity contribution in [1.29, 1.82) is 0 Å². The minimum absolute atomic E-state index is 0.0303. The van der Waals surface area contributed by atoms with Crippen molar-refractivity contribution in [2.45, 2.75) is 25.8 Å². The van der Waals surface area contributed by atoms with Crippen molar-refractivity contribution >= 4 is 5.91 Å². The number of nitrogens with two attached hydrogens (primary N) is 1. The summed E-state index contributed by atoms with van der Waals surface area (Å²) in [7, 11) is 0. The number of nitrogens with one attached hydrogen (secondary N) is 1. The Hall–Kier alpha value is -0.650. The van der Waals surface area contributed by atoms with Crippen LogP contribution in [-0.2, 0) is 14.3 Å². The molecular weight excluding hydrogens is 220 g/mol. The summed E-state index contributed by atoms with van der Waals surface area (Å²) < 4.78 is 10.5. The highest BCUT2D eigenvalue weighted by molar-refractivity contribution is 5.79. The number of rotatable bonds is 3. The van der Waals surface area contributed by atoms with Gasteiger partial charge in [-0.25, -0.2) is 0 Å². The Kier molecular flexibility index (Phi) is 4.01. The lowest BCUT2D eigenvalue weighted by Gasteiger charge is -2.34. The van der Waals surface area contributed by atoms with Gasteiger partial charge < -0.3 is 20.5 Å². The van der Waals surface area contributed by atoms with E-state index < -0.39 is 0 Å². The Bertz CT molecular complexity index is 277. The third-order valence-electron chi connectivity index (χ3n) is 3.85. The van der Waals surface area contributed by atoms with Crippen LogP contribution in [0.1, 0.15) is 19.8 Å². The SMILES string of the molecule is CC1(CNC(=O)C2COCC2N)CCOCC1. The maximum Gasteiger partial charge on any atom is 0.227 e. The quantitative estimate of drug-likeness (QED) is 0.724. The summed E-state index contributed by atoms with van der Waals surface area (Å²) in [5.41, 5.74) is 5.98. The molecule has 2 aliphatic heterocycles. The molecule has 2 rings (SSSR count). The number of hydrogen-bond acceptors (Lipinski definition) is 4. The fourth-order valence-corrected chi connectivity index (χ4v) is 2.31. The normalized spacial score (nSPS) is 32.4. The molecule has 3 N–H and O–H groups in total. The molecule has 0 aliphatic carbocycles. The zero-order valence-electron chi connectivity index (χ0n) is 10.4. The first-order valence-electron chi connectivity index (χ1n) is 6.29. The summed E-state index contributed by atoms with van der Waals surface area (Å²) in [5.74, 6) is -0.152. The van der Waals surface area contributed by atoms with Crippen LogP contribution in [0.2, 0.25) is 0 Å². The van der Waals surface area contributed by atoms with Crippen LogP contribution < -0.4 is 11.1 Å². The van der Waals surface area contributed by atoms with E-state index in [1.807, 2.05) is 0 Å². The van der Waals surface area contributed by atoms with Gasteiger partial charge in [0.25, 0.3) is 0 Å². The molecule has 5 nitrogen and oxygen atoms in total. The van der Waals surface area contributed by atoms with E-state index in [-0.39, 0.29) is 23.3 Å². The number of ether oxygens (including phenoxy) is 2. The predicted octanol–water partition coefficient (Wildman–Crippen LogP) is -0.107. The molecule has 0 aromatic rings. The number of hydrogen-bond donors (Lipinski definition) is 2. The third kappa shape index (κ3) is 3.18. The summed E-state index contributed by atoms with van der Waals surface area (Å²) in [6.45, 7) is 5.42. The van der Waals surface area contributed by atoms with E-state index in [2.05, 4.69) is 12.2 Å². The Morgan fingerprint density at radius 3 is 2.65 bits per heavy atom. The van der Waals surface area contributed by atoms with Crippen molar-refractivity contribution in [1.82, 2.24) is 5.32 Å². The van der Waals surface area contributed by atoms with Crippen LogP contribution in [0.3, 0.4) is 0 Å². The van der Waals surface area contributed by atoms with Crippen LogP contribution >= 0.6 is 0 Å². The number of carbonyl (C=O) groups is 1. The Balaban J connectivity index is 1.79. The first-order chi connectivity index (χ1) is 8.11. The van der Waals surface area contributed by atoms with Gasteiger partial charge in [0.15, 0.2) is 0 Å². The lowest BCUT2D eigenvalue weighted by Crippen LogP contribution is -2.45. The topological polar surface area (TPSA) is 73.6 Å². The van der Waals surface area contributed by atoms with Gasteiger partial charge in [-0.1, -0.05) is 6.92 Å². The van der Waals surface area contributed by atoms with Gasteiger partial charge in [0.1, 0.15) is 0 Å². The van der Waals surface area contributed by atoms with E-state index in [0.717, 1.165) is 26.1 Å². The lowest BCUT2D eigenvalue weighted by atomic mass is 9.82. The van der Waals surface area contributed by atoms with Gasteiger partial charge >= 0.3 is 0 Å². The fraction of sp³-hybridized carbons (Fsp3) is 0.917. The molecule has 2 unspecified atom stereocenters. The molecule has 2 fully saturated rings. The highest BCUT2D eigenvalue weighted by Crippen LogP contribution is 2.28. The average Bonchev–Trinajstić information content (AvgIpc) is 2.74. The zero-order valence-corrected chi connectivity index (χ0v) is 10.4. The van der Waals surface area contributed by atoms with E-state index in [1.54, 1.807) is 0 Å². The summed E-state index contributed by atoms with van der Waals surface area (Å²) >= 11 is 0. The van der Waals surface area contributed by atoms with Gasteiger partial charge in [0.05, 0.1) is 19.1 Å². The van der Waals surface area contributed by atoms with Crippen LogP contribution in [0, 0.1) is 11.3 Å². The summed E-state index contributed by atoms with van der Waals surface area (Å²) in [5, 5.41) is 3.01. The van der Waals surface area contributed by atoms with Crippen molar-refractivity contribution in [2.75, 3.05) is 33.0 Å². The molecule has 2 saturated heterocycles. The maximum absolute atomic E-state index is 11.9. The van der Waals surface area contributed by atoms with E-state index in [4.69, 9.17) is 15.2 Å². The van der Waals surface area contributed by atoms with Crippen LogP contribution in [0.4, 0.5) is 0 Å². The van der Waals surface area contributed by atoms with Crippen molar-refractivity contribution < 1.29 is 14.3 Å². The molecular formula is C12H22N2O3. The molecule has 1 amide bonds. The van der Waals surface area contributed by atoms with E-state index >= 15 is 0 Å². The number of amides is 1. The molecule has 98 valence electrons. The Labute approximate surface area is 102 Å². The van der Waals surface area contributed by atoms with Gasteiger partial charge in [-0.05, 0) is 18.3 Å². The highest BCUT2D eigenvalue weighted by Gasteiger charge is 2.33. The smallest absolute Gasteiger partial charge is 0.227 e. The molecule has 0 saturated carbocycles. The van der Waals surface area contributed by atoms with E-state index in [0.29, 0.717) is 19.8 Å². The van der Waals surface area contributed by atoms with Gasteiger partial charge in [0.2, 0.25) is 5.91 Å². The molecule has 2 atom stereocenters. The second-order valence-corrected chi connectivity index (χ2v) is 5.45. The zero-order chi connectivity index (χ0) is 12.3. The van der Waals surface area contributed by atoms with Crippen LogP contribution in [0.15, 0.2) is 0 Å². The first-order valence-corrected chi connectivity index (χ1v) is 6.29. The summed E-state index contributed by atoms with van der Waals surface area (Å²) in [6, 6.07) is -0.155. The van der Waals surface area contributed by atoms with Crippen molar-refractivity contribution in [3.05, 3.63) is 0 Å². The highest BCUT2D eigenvalue weighted by atomic mass is 16.5. The van der Waals surface area contributed by atoms with Crippen molar-refractivity contribution in [3.8, 4) is 0 Å². The van der Waals surface area contributed by atoms with Gasteiger partial charge in [-0.15, -0.1) is 0 Å². The third-order valence-corrected chi connectivity index (χ3v) is 3.85. The standard InChI is InChI=1S/C12H22N2O3/c1-12(2-4-16-5-3-12)8-14-11(15)9-6-17-7-10(9)13/h9-10H,2-8,13H2,1H3,(H,14,15). The molecule has 2 aliphatic rings. The van der Waals surface area contributed by atoms with Gasteiger partial charge in [0, 0.05) is 25.8 Å². The summed E-state index contributed by atoms with van der Waals surface area (Å²) in [4.78, 5) is 11.9. The summed E-state index contributed by atoms with van der Waals surface area (Å²) in [6.07, 6.45) is 2.00. The molecule has 0 aromatic carbocycles. The molecule has 0 bridgehead atoms. The van der Waals surface area contributed by atoms with E-state index in [9.17, 15) is 4.79 Å². The second-order valence-electron chi connectivity index (χ2n) is 5.45. The first kappa shape index (κ1) is 12.8. The van der Waals surface area contributed by atoms with Gasteiger partial charge in [-0.3, -0.25) is 4.79 Å². The Morgan fingerprint density at radius 1 is 1.35 bits per heavy atom. The van der Waals surface area contributed by atoms with Crippen LogP contribution in [0.25, 0.3) is 0 Å². The predicted molar refractivity (Wildman–Crippen MR) is 63.5 cm³/mol. The minimum atomic E-state index is -0.182. The lowest BCUT2D eigenvalue weighted by molar-refractivity contribution is -0.126. The van der Waals surface area contributed by atoms with Gasteiger partial charge in [-0.2, -0.15) is 0 Å².